The summed E-state index contributed by atoms with van der Waals surface area (Å²) in [5, 5.41) is 64.2. The van der Waals surface area contributed by atoms with Gasteiger partial charge in [0.05, 0.1) is 16.7 Å². The SMILES string of the molecule is NCCCCNCCC(C(=O)c1cccc(O)c1O)N(C(=O)c1cccc(O)c1O)C(=O)c1cccc(O)c1O. The van der Waals surface area contributed by atoms with E-state index >= 15 is 0 Å². The van der Waals surface area contributed by atoms with E-state index < -0.39 is 69.3 Å². The van der Waals surface area contributed by atoms with Crippen LogP contribution in [0.15, 0.2) is 54.6 Å². The van der Waals surface area contributed by atoms with Gasteiger partial charge in [-0.25, -0.2) is 0 Å². The third kappa shape index (κ3) is 6.42. The van der Waals surface area contributed by atoms with Gasteiger partial charge in [-0.15, -0.1) is 0 Å². The van der Waals surface area contributed by atoms with E-state index in [1.165, 1.54) is 24.3 Å². The lowest BCUT2D eigenvalue weighted by Gasteiger charge is -2.30. The average molecular weight is 554 g/mol. The summed E-state index contributed by atoms with van der Waals surface area (Å²) in [7, 11) is 0. The third-order valence-corrected chi connectivity index (χ3v) is 6.22. The number of aromatic hydroxyl groups is 6. The second kappa shape index (κ2) is 13.3. The molecule has 0 aliphatic heterocycles. The quantitative estimate of drug-likeness (QED) is 0.0704. The summed E-state index contributed by atoms with van der Waals surface area (Å²) in [6.45, 7) is 1.10. The first-order chi connectivity index (χ1) is 19.1. The second-order valence-electron chi connectivity index (χ2n) is 8.91. The normalized spacial score (nSPS) is 11.6. The van der Waals surface area contributed by atoms with Gasteiger partial charge in [-0.3, -0.25) is 19.3 Å². The van der Waals surface area contributed by atoms with Crippen molar-refractivity contribution < 1.29 is 45.0 Å². The first-order valence-corrected chi connectivity index (χ1v) is 12.5. The Labute approximate surface area is 229 Å². The number of carbonyl (C=O) groups is 3. The number of amides is 2. The molecular formula is C28H31N3O9. The zero-order valence-corrected chi connectivity index (χ0v) is 21.4. The van der Waals surface area contributed by atoms with Crippen molar-refractivity contribution in [2.24, 2.45) is 5.73 Å². The molecule has 1 atom stereocenters. The molecule has 0 radical (unpaired) electrons. The van der Waals surface area contributed by atoms with Crippen molar-refractivity contribution in [2.75, 3.05) is 19.6 Å². The highest BCUT2D eigenvalue weighted by atomic mass is 16.3. The van der Waals surface area contributed by atoms with Gasteiger partial charge in [0.25, 0.3) is 11.8 Å². The maximum Gasteiger partial charge on any atom is 0.265 e. The highest BCUT2D eigenvalue weighted by Gasteiger charge is 2.39. The summed E-state index contributed by atoms with van der Waals surface area (Å²) >= 11 is 0. The zero-order valence-electron chi connectivity index (χ0n) is 21.4. The fraction of sp³-hybridized carbons (Fsp3) is 0.250. The molecule has 9 N–H and O–H groups in total. The zero-order chi connectivity index (χ0) is 29.4. The largest absolute Gasteiger partial charge is 0.504 e. The molecule has 0 bridgehead atoms. The summed E-state index contributed by atoms with van der Waals surface area (Å²) < 4.78 is 0. The predicted molar refractivity (Wildman–Crippen MR) is 144 cm³/mol. The molecule has 0 saturated carbocycles. The van der Waals surface area contributed by atoms with Gasteiger partial charge in [0.1, 0.15) is 6.04 Å². The van der Waals surface area contributed by atoms with Gasteiger partial charge in [-0.05, 0) is 75.3 Å². The van der Waals surface area contributed by atoms with Crippen LogP contribution in [-0.2, 0) is 0 Å². The number of nitrogens with zero attached hydrogens (tertiary/aromatic N) is 1. The van der Waals surface area contributed by atoms with Crippen LogP contribution < -0.4 is 11.1 Å². The number of hydrogen-bond donors (Lipinski definition) is 8. The molecule has 2 amide bonds. The van der Waals surface area contributed by atoms with Crippen LogP contribution in [0.4, 0.5) is 0 Å². The van der Waals surface area contributed by atoms with Crippen molar-refractivity contribution in [2.45, 2.75) is 25.3 Å². The van der Waals surface area contributed by atoms with E-state index in [0.29, 0.717) is 18.0 Å². The van der Waals surface area contributed by atoms with Gasteiger partial charge in [0, 0.05) is 0 Å². The average Bonchev–Trinajstić information content (AvgIpc) is 2.93. The van der Waals surface area contributed by atoms with Crippen molar-refractivity contribution in [1.82, 2.24) is 10.2 Å². The van der Waals surface area contributed by atoms with E-state index in [0.717, 1.165) is 43.2 Å². The molecule has 212 valence electrons. The van der Waals surface area contributed by atoms with Gasteiger partial charge >= 0.3 is 0 Å². The molecule has 0 heterocycles. The number of Topliss-reactive ketones (excluding diaryl/α,β-unsaturated/α-hetero) is 1. The lowest BCUT2D eigenvalue weighted by atomic mass is 9.96. The van der Waals surface area contributed by atoms with Gasteiger partial charge in [-0.2, -0.15) is 0 Å². The van der Waals surface area contributed by atoms with E-state index in [1.54, 1.807) is 0 Å². The number of unbranched alkanes of at least 4 members (excludes halogenated alkanes) is 1. The predicted octanol–water partition coefficient (Wildman–Crippen LogP) is 2.17. The molecule has 3 aromatic carbocycles. The van der Waals surface area contributed by atoms with Crippen LogP contribution in [-0.4, -0.2) is 78.8 Å². The van der Waals surface area contributed by atoms with Crippen molar-refractivity contribution in [1.29, 1.82) is 0 Å². The minimum absolute atomic E-state index is 0.107. The highest BCUT2D eigenvalue weighted by molar-refractivity contribution is 6.17. The molecule has 40 heavy (non-hydrogen) atoms. The minimum Gasteiger partial charge on any atom is -0.504 e. The number of imide groups is 1. The van der Waals surface area contributed by atoms with E-state index in [9.17, 15) is 45.0 Å². The summed E-state index contributed by atoms with van der Waals surface area (Å²) in [5.41, 5.74) is 4.07. The van der Waals surface area contributed by atoms with Gasteiger partial charge in [-0.1, -0.05) is 18.2 Å². The van der Waals surface area contributed by atoms with Crippen molar-refractivity contribution in [3.8, 4) is 34.5 Å². The molecule has 1 unspecified atom stereocenters. The van der Waals surface area contributed by atoms with Crippen molar-refractivity contribution >= 4 is 17.6 Å². The Bertz CT molecular complexity index is 1330. The Morgan fingerprint density at radius 3 is 1.60 bits per heavy atom. The van der Waals surface area contributed by atoms with Crippen molar-refractivity contribution in [3.63, 3.8) is 0 Å². The van der Waals surface area contributed by atoms with Gasteiger partial charge < -0.3 is 41.7 Å². The number of phenolic OH excluding ortho intramolecular Hbond substituents is 6. The minimum atomic E-state index is -1.64. The second-order valence-corrected chi connectivity index (χ2v) is 8.91. The van der Waals surface area contributed by atoms with Crippen LogP contribution in [0.3, 0.4) is 0 Å². The van der Waals surface area contributed by atoms with Crippen LogP contribution in [0.1, 0.15) is 50.3 Å². The van der Waals surface area contributed by atoms with Crippen LogP contribution >= 0.6 is 0 Å². The Kier molecular flexibility index (Phi) is 9.90. The Balaban J connectivity index is 2.15. The number of hydrogen-bond acceptors (Lipinski definition) is 11. The van der Waals surface area contributed by atoms with Crippen molar-refractivity contribution in [3.05, 3.63) is 71.3 Å². The first-order valence-electron chi connectivity index (χ1n) is 12.5. The number of para-hydroxylation sites is 3. The molecule has 0 fully saturated rings. The molecule has 3 aromatic rings. The molecule has 3 rings (SSSR count). The van der Waals surface area contributed by atoms with Crippen LogP contribution in [0, 0.1) is 0 Å². The topological polar surface area (TPSA) is 214 Å². The fourth-order valence-corrected chi connectivity index (χ4v) is 4.09. The van der Waals surface area contributed by atoms with E-state index in [1.807, 2.05) is 0 Å². The molecule has 0 aromatic heterocycles. The molecule has 0 aliphatic carbocycles. The number of ketones is 1. The maximum atomic E-state index is 13.8. The molecule has 12 nitrogen and oxygen atoms in total. The lowest BCUT2D eigenvalue weighted by molar-refractivity contribution is 0.0494. The summed E-state index contributed by atoms with van der Waals surface area (Å²) in [6.07, 6.45) is 1.27. The highest BCUT2D eigenvalue weighted by Crippen LogP contribution is 2.35. The first kappa shape index (κ1) is 29.7. The maximum absolute atomic E-state index is 13.8. The molecule has 0 aliphatic rings. The fourth-order valence-electron chi connectivity index (χ4n) is 4.09. The standard InChI is InChI=1S/C28H31N3O9/c29-13-1-2-14-30-15-12-19(23(35)16-6-3-9-20(32)24(16)36)31(27(39)17-7-4-10-21(33)25(17)37)28(40)18-8-5-11-22(34)26(18)38/h3-11,19,30,32-34,36-38H,1-2,12-15,29H2. The van der Waals surface area contributed by atoms with E-state index in [-0.39, 0.29) is 18.5 Å². The van der Waals surface area contributed by atoms with Crippen LogP contribution in [0.25, 0.3) is 0 Å². The molecular weight excluding hydrogens is 522 g/mol. The summed E-state index contributed by atoms with van der Waals surface area (Å²) in [5.74, 6) is -7.74. The van der Waals surface area contributed by atoms with E-state index in [2.05, 4.69) is 5.32 Å². The number of phenols is 6. The van der Waals surface area contributed by atoms with Crippen LogP contribution in [0.5, 0.6) is 34.5 Å². The number of carbonyl (C=O) groups excluding carboxylic acids is 3. The third-order valence-electron chi connectivity index (χ3n) is 6.22. The van der Waals surface area contributed by atoms with E-state index in [4.69, 9.17) is 5.73 Å². The number of nitrogens with two attached hydrogens (primary N) is 1. The monoisotopic (exact) mass is 553 g/mol. The summed E-state index contributed by atoms with van der Waals surface area (Å²) in [4.78, 5) is 41.9. The Morgan fingerprint density at radius 2 is 1.12 bits per heavy atom. The lowest BCUT2D eigenvalue weighted by Crippen LogP contribution is -2.50. The number of rotatable bonds is 12. The number of nitrogens with one attached hydrogen (secondary N) is 1. The molecule has 0 saturated heterocycles. The summed E-state index contributed by atoms with van der Waals surface area (Å²) in [6, 6.07) is 8.95. The van der Waals surface area contributed by atoms with Crippen LogP contribution in [0.2, 0.25) is 0 Å². The Morgan fingerprint density at radius 1 is 0.675 bits per heavy atom. The van der Waals surface area contributed by atoms with Gasteiger partial charge in [0.2, 0.25) is 0 Å². The van der Waals surface area contributed by atoms with Gasteiger partial charge in [0.15, 0.2) is 40.3 Å². The smallest absolute Gasteiger partial charge is 0.265 e. The number of benzene rings is 3. The molecule has 12 heteroatoms. The Hall–Kier alpha value is -4.81. The molecule has 0 spiro atoms.